The highest BCUT2D eigenvalue weighted by atomic mass is 32.1. The number of nitrogens with one attached hydrogen (secondary N) is 2. The van der Waals surface area contributed by atoms with Gasteiger partial charge in [0.25, 0.3) is 6.10 Å². The Kier molecular flexibility index (Phi) is 11.6. The van der Waals surface area contributed by atoms with Crippen LogP contribution in [0.15, 0.2) is 40.9 Å². The van der Waals surface area contributed by atoms with Crippen LogP contribution in [0.3, 0.4) is 0 Å². The molecule has 2 amide bonds. The van der Waals surface area contributed by atoms with Crippen LogP contribution in [0.1, 0.15) is 68.0 Å². The molecule has 1 saturated heterocycles. The predicted octanol–water partition coefficient (Wildman–Crippen LogP) is 5.66. The van der Waals surface area contributed by atoms with Crippen LogP contribution in [0, 0.1) is 0 Å². The second-order valence-corrected chi connectivity index (χ2v) is 15.5. The first-order chi connectivity index (χ1) is 23.6. The quantitative estimate of drug-likeness (QED) is 0.0946. The average Bonchev–Trinajstić information content (AvgIpc) is 3.40. The van der Waals surface area contributed by atoms with Gasteiger partial charge in [-0.1, -0.05) is 5.16 Å². The molecule has 0 aliphatic carbocycles. The number of nitrogens with zero attached hydrogens (tertiary/aromatic N) is 4. The molecule has 0 spiro atoms. The monoisotopic (exact) mass is 728 g/mol. The second-order valence-electron chi connectivity index (χ2n) is 14.6. The first-order valence-electron chi connectivity index (χ1n) is 16.1. The Balaban J connectivity index is 1.41. The van der Waals surface area contributed by atoms with Crippen molar-refractivity contribution in [2.24, 2.45) is 5.16 Å². The summed E-state index contributed by atoms with van der Waals surface area (Å²) < 4.78 is 21.9. The maximum Gasteiger partial charge on any atom is 0.413 e. The summed E-state index contributed by atoms with van der Waals surface area (Å²) in [6.07, 6.45) is -2.57. The van der Waals surface area contributed by atoms with Crippen molar-refractivity contribution < 1.29 is 48.1 Å². The number of aromatic nitrogens is 2. The molecule has 0 radical (unpaired) electrons. The lowest BCUT2D eigenvalue weighted by Gasteiger charge is -2.40. The van der Waals surface area contributed by atoms with Crippen LogP contribution in [0.4, 0.5) is 20.5 Å². The minimum absolute atomic E-state index is 0.0330. The fourth-order valence-electron chi connectivity index (χ4n) is 4.35. The zero-order valence-electron chi connectivity index (χ0n) is 30.1. The van der Waals surface area contributed by atoms with E-state index in [0.29, 0.717) is 30.2 Å². The Bertz CT molecular complexity index is 1780. The van der Waals surface area contributed by atoms with Gasteiger partial charge in [-0.3, -0.25) is 5.32 Å². The summed E-state index contributed by atoms with van der Waals surface area (Å²) in [7, 11) is 0. The number of fused-ring (bicyclic) bond motifs is 1. The molecule has 51 heavy (non-hydrogen) atoms. The largest absolute Gasteiger partial charge is 0.489 e. The predicted molar refractivity (Wildman–Crippen MR) is 189 cm³/mol. The van der Waals surface area contributed by atoms with E-state index < -0.39 is 46.7 Å². The number of carbonyl (C=O) groups excluding carboxylic acids is 3. The molecule has 4 rings (SSSR count). The van der Waals surface area contributed by atoms with Gasteiger partial charge >= 0.3 is 24.1 Å². The number of ether oxygens (including phenoxy) is 4. The van der Waals surface area contributed by atoms with Crippen molar-refractivity contribution in [3.63, 3.8) is 0 Å². The number of anilines is 2. The van der Waals surface area contributed by atoms with Gasteiger partial charge in [0.2, 0.25) is 5.71 Å². The molecule has 3 heterocycles. The lowest BCUT2D eigenvalue weighted by molar-refractivity contribution is -0.170. The van der Waals surface area contributed by atoms with Crippen molar-refractivity contribution in [1.82, 2.24) is 14.9 Å². The second kappa shape index (κ2) is 15.4. The number of likely N-dealkylation sites (tertiary alicyclic amines) is 1. The van der Waals surface area contributed by atoms with E-state index in [1.807, 2.05) is 32.9 Å². The van der Waals surface area contributed by atoms with Crippen molar-refractivity contribution >= 4 is 63.0 Å². The minimum atomic E-state index is -1.48. The van der Waals surface area contributed by atoms with E-state index in [-0.39, 0.29) is 29.6 Å². The first kappa shape index (κ1) is 38.6. The molecule has 1 atom stereocenters. The number of benzene rings is 1. The van der Waals surface area contributed by atoms with Crippen LogP contribution in [0.2, 0.25) is 0 Å². The molecule has 2 aromatic heterocycles. The molecule has 1 aliphatic rings. The lowest BCUT2D eigenvalue weighted by atomic mass is 10.1. The van der Waals surface area contributed by atoms with E-state index in [4.69, 9.17) is 23.8 Å². The third-order valence-corrected chi connectivity index (χ3v) is 7.20. The highest BCUT2D eigenvalue weighted by Gasteiger charge is 2.34. The van der Waals surface area contributed by atoms with Gasteiger partial charge in [-0.25, -0.2) is 29.1 Å². The number of hydrogen-bond donors (Lipinski definition) is 3. The summed E-state index contributed by atoms with van der Waals surface area (Å²) in [6, 6.07) is 8.84. The average molecular weight is 729 g/mol. The van der Waals surface area contributed by atoms with Crippen LogP contribution >= 0.6 is 11.3 Å². The molecule has 0 bridgehead atoms. The van der Waals surface area contributed by atoms with Crippen LogP contribution in [-0.4, -0.2) is 98.5 Å². The van der Waals surface area contributed by atoms with Crippen molar-refractivity contribution in [3.8, 4) is 5.75 Å². The van der Waals surface area contributed by atoms with E-state index in [1.165, 1.54) is 5.38 Å². The summed E-state index contributed by atoms with van der Waals surface area (Å²) in [5, 5.41) is 21.5. The number of pyridine rings is 1. The van der Waals surface area contributed by atoms with Gasteiger partial charge in [0.15, 0.2) is 5.13 Å². The molecular weight excluding hydrogens is 684 g/mol. The molecular formula is C34H44N6O10S. The molecule has 0 saturated carbocycles. The van der Waals surface area contributed by atoms with E-state index >= 15 is 0 Å². The zero-order chi connectivity index (χ0) is 37.7. The number of thiazole rings is 1. The van der Waals surface area contributed by atoms with Gasteiger partial charge in [0, 0.05) is 23.9 Å². The van der Waals surface area contributed by atoms with Crippen LogP contribution in [0.5, 0.6) is 5.75 Å². The van der Waals surface area contributed by atoms with Gasteiger partial charge < -0.3 is 39.1 Å². The van der Waals surface area contributed by atoms with Crippen molar-refractivity contribution in [2.45, 2.75) is 91.3 Å². The van der Waals surface area contributed by atoms with Crippen molar-refractivity contribution in [1.29, 1.82) is 0 Å². The Morgan fingerprint density at radius 1 is 0.941 bits per heavy atom. The number of aliphatic carboxylic acids is 1. The molecule has 1 fully saturated rings. The smallest absolute Gasteiger partial charge is 0.413 e. The van der Waals surface area contributed by atoms with E-state index in [2.05, 4.69) is 25.8 Å². The minimum Gasteiger partial charge on any atom is -0.489 e. The Hall–Kier alpha value is -5.19. The molecule has 276 valence electrons. The molecule has 1 aromatic carbocycles. The highest BCUT2D eigenvalue weighted by Crippen LogP contribution is 2.24. The number of oxime groups is 1. The Labute approximate surface area is 299 Å². The number of carboxylic acids is 1. The summed E-state index contributed by atoms with van der Waals surface area (Å²) >= 11 is 0.950. The maximum atomic E-state index is 13.1. The van der Waals surface area contributed by atoms with Crippen LogP contribution in [0.25, 0.3) is 10.9 Å². The van der Waals surface area contributed by atoms with Crippen molar-refractivity contribution in [2.75, 3.05) is 30.3 Å². The molecule has 3 aromatic rings. The van der Waals surface area contributed by atoms with Gasteiger partial charge in [0.05, 0.1) is 11.6 Å². The van der Waals surface area contributed by atoms with Gasteiger partial charge in [0.1, 0.15) is 40.7 Å². The Morgan fingerprint density at radius 3 is 2.24 bits per heavy atom. The third-order valence-electron chi connectivity index (χ3n) is 6.45. The first-order valence-corrected chi connectivity index (χ1v) is 17.0. The number of amides is 2. The lowest BCUT2D eigenvalue weighted by Crippen LogP contribution is -2.58. The summed E-state index contributed by atoms with van der Waals surface area (Å²) in [5.41, 5.74) is -2.25. The molecule has 16 nitrogen and oxygen atoms in total. The van der Waals surface area contributed by atoms with Crippen LogP contribution in [-0.2, 0) is 28.6 Å². The van der Waals surface area contributed by atoms with Crippen LogP contribution < -0.4 is 15.4 Å². The van der Waals surface area contributed by atoms with Gasteiger partial charge in [-0.15, -0.1) is 11.3 Å². The van der Waals surface area contributed by atoms with Gasteiger partial charge in [-0.2, -0.15) is 0 Å². The standard InChI is InChI=1S/C34H44N6O10S/c1-32(2,3)47-28(43)24(50-39-26(27(41)42)23-18-51-29(37-23)38-30(44)48-33(4,5)6)17-46-21-11-12-22-19(14-21)10-13-25(36-22)35-20-15-40(16-20)31(45)49-34(7,8)9/h10-14,18,20,24H,15-17H2,1-9H3,(H,35,36)(H,41,42)(H,37,38,44)/b39-26-. The molecule has 3 N–H and O–H groups in total. The van der Waals surface area contributed by atoms with Gasteiger partial charge in [-0.05, 0) is 92.6 Å². The normalized spacial score (nSPS) is 14.6. The molecule has 1 unspecified atom stereocenters. The SMILES string of the molecule is CC(C)(C)OC(=O)Nc1nc(/C(=N/OC(COc2ccc3nc(NC4CN(C(=O)OC(C)(C)C)C4)ccc3c2)C(=O)OC(C)(C)C)C(=O)O)cs1. The number of carbonyl (C=O) groups is 4. The maximum absolute atomic E-state index is 13.1. The highest BCUT2D eigenvalue weighted by molar-refractivity contribution is 7.14. The number of hydrogen-bond acceptors (Lipinski definition) is 14. The summed E-state index contributed by atoms with van der Waals surface area (Å²) in [6.45, 7) is 16.2. The summed E-state index contributed by atoms with van der Waals surface area (Å²) in [4.78, 5) is 65.3. The zero-order valence-corrected chi connectivity index (χ0v) is 30.9. The fraction of sp³-hybridized carbons (Fsp3) is 0.500. The van der Waals surface area contributed by atoms with E-state index in [0.717, 1.165) is 16.7 Å². The fourth-order valence-corrected chi connectivity index (χ4v) is 5.03. The molecule has 17 heteroatoms. The van der Waals surface area contributed by atoms with Crippen molar-refractivity contribution in [3.05, 3.63) is 41.4 Å². The number of carboxylic acid groups (broad SMARTS) is 1. The number of rotatable bonds is 11. The van der Waals surface area contributed by atoms with E-state index in [9.17, 15) is 24.3 Å². The topological polar surface area (TPSA) is 200 Å². The molecule has 1 aliphatic heterocycles. The third kappa shape index (κ3) is 12.0. The number of esters is 1. The summed E-state index contributed by atoms with van der Waals surface area (Å²) in [5.74, 6) is -1.29. The Morgan fingerprint density at radius 2 is 1.61 bits per heavy atom. The van der Waals surface area contributed by atoms with E-state index in [1.54, 1.807) is 64.6 Å².